The molecule has 4 heteroatoms. The quantitative estimate of drug-likeness (QED) is 0.692. The van der Waals surface area contributed by atoms with Crippen molar-refractivity contribution < 1.29 is 4.79 Å². The predicted molar refractivity (Wildman–Crippen MR) is 97.6 cm³/mol. The van der Waals surface area contributed by atoms with Crippen LogP contribution >= 0.6 is 0 Å². The van der Waals surface area contributed by atoms with Gasteiger partial charge in [0.15, 0.2) is 11.6 Å². The number of anilines is 3. The van der Waals surface area contributed by atoms with Crippen molar-refractivity contribution in [2.24, 2.45) is 0 Å². The van der Waals surface area contributed by atoms with Crippen LogP contribution in [-0.2, 0) is 6.42 Å². The van der Waals surface area contributed by atoms with Gasteiger partial charge in [-0.3, -0.25) is 4.79 Å². The molecule has 1 heterocycles. The van der Waals surface area contributed by atoms with E-state index in [1.165, 1.54) is 0 Å². The summed E-state index contributed by atoms with van der Waals surface area (Å²) in [6.07, 6.45) is 2.47. The Bertz CT molecular complexity index is 874. The van der Waals surface area contributed by atoms with Crippen LogP contribution in [0.3, 0.4) is 0 Å². The fourth-order valence-corrected chi connectivity index (χ4v) is 2.64. The third-order valence-corrected chi connectivity index (χ3v) is 3.91. The second kappa shape index (κ2) is 6.96. The Labute approximate surface area is 141 Å². The van der Waals surface area contributed by atoms with E-state index in [4.69, 9.17) is 5.73 Å². The highest BCUT2D eigenvalue weighted by Gasteiger charge is 2.16. The number of carbonyl (C=O) groups excluding carboxylic acids is 1. The lowest BCUT2D eigenvalue weighted by Gasteiger charge is -2.13. The van der Waals surface area contributed by atoms with E-state index in [0.717, 1.165) is 17.5 Å². The molecule has 0 unspecified atom stereocenters. The monoisotopic (exact) mass is 317 g/mol. The Kier molecular flexibility index (Phi) is 4.57. The minimum absolute atomic E-state index is 0.00921. The lowest BCUT2D eigenvalue weighted by atomic mass is 9.96. The van der Waals surface area contributed by atoms with Crippen LogP contribution in [0.4, 0.5) is 17.2 Å². The number of para-hydroxylation sites is 1. The molecule has 4 nitrogen and oxygen atoms in total. The Morgan fingerprint density at radius 1 is 1.00 bits per heavy atom. The molecule has 1 aromatic heterocycles. The lowest BCUT2D eigenvalue weighted by Crippen LogP contribution is -2.09. The molecule has 0 spiro atoms. The Morgan fingerprint density at radius 2 is 1.71 bits per heavy atom. The van der Waals surface area contributed by atoms with Crippen molar-refractivity contribution >= 4 is 23.0 Å². The fraction of sp³-hybridized carbons (Fsp3) is 0.100. The third kappa shape index (κ3) is 3.13. The smallest absolute Gasteiger partial charge is 0.195 e. The van der Waals surface area contributed by atoms with Crippen LogP contribution in [0.2, 0.25) is 0 Å². The molecular weight excluding hydrogens is 298 g/mol. The topological polar surface area (TPSA) is 68.0 Å². The van der Waals surface area contributed by atoms with Crippen LogP contribution in [0.15, 0.2) is 66.9 Å². The van der Waals surface area contributed by atoms with Crippen LogP contribution < -0.4 is 11.1 Å². The number of hydrogen-bond donors (Lipinski definition) is 2. The highest BCUT2D eigenvalue weighted by molar-refractivity contribution is 6.13. The average molecular weight is 317 g/mol. The van der Waals surface area contributed by atoms with Gasteiger partial charge in [0, 0.05) is 17.3 Å². The number of carbonyl (C=O) groups is 1. The molecule has 0 saturated carbocycles. The first-order valence-corrected chi connectivity index (χ1v) is 7.90. The summed E-state index contributed by atoms with van der Waals surface area (Å²) >= 11 is 0. The first kappa shape index (κ1) is 15.7. The molecule has 0 aliphatic heterocycles. The molecule has 2 aromatic carbocycles. The number of nitrogen functional groups attached to an aromatic ring is 1. The van der Waals surface area contributed by atoms with E-state index in [0.29, 0.717) is 22.8 Å². The van der Waals surface area contributed by atoms with Crippen LogP contribution in [-0.4, -0.2) is 10.8 Å². The summed E-state index contributed by atoms with van der Waals surface area (Å²) < 4.78 is 0. The number of ketones is 1. The van der Waals surface area contributed by atoms with Gasteiger partial charge in [-0.05, 0) is 36.2 Å². The zero-order chi connectivity index (χ0) is 16.9. The van der Waals surface area contributed by atoms with Crippen LogP contribution in [0.25, 0.3) is 0 Å². The van der Waals surface area contributed by atoms with Gasteiger partial charge in [-0.1, -0.05) is 43.3 Å². The van der Waals surface area contributed by atoms with Crippen molar-refractivity contribution in [3.63, 3.8) is 0 Å². The number of nitrogens with one attached hydrogen (secondary N) is 1. The fourth-order valence-electron chi connectivity index (χ4n) is 2.64. The van der Waals surface area contributed by atoms with Gasteiger partial charge in [-0.2, -0.15) is 0 Å². The van der Waals surface area contributed by atoms with Gasteiger partial charge in [0.05, 0.1) is 11.4 Å². The first-order valence-electron chi connectivity index (χ1n) is 7.90. The van der Waals surface area contributed by atoms with E-state index in [1.807, 2.05) is 55.5 Å². The van der Waals surface area contributed by atoms with E-state index in [2.05, 4.69) is 10.3 Å². The maximum Gasteiger partial charge on any atom is 0.195 e. The molecule has 0 aliphatic rings. The van der Waals surface area contributed by atoms with Gasteiger partial charge in [0.2, 0.25) is 0 Å². The van der Waals surface area contributed by atoms with Gasteiger partial charge in [0.25, 0.3) is 0 Å². The standard InChI is InChI=1S/C20H19N3O/c1-2-14-8-3-4-9-15(14)19(24)16-10-5-6-12-18(16)23-20-17(21)11-7-13-22-20/h3-13H,2,21H2,1H3,(H,22,23). The zero-order valence-corrected chi connectivity index (χ0v) is 13.5. The molecule has 0 amide bonds. The van der Waals surface area contributed by atoms with Gasteiger partial charge < -0.3 is 11.1 Å². The summed E-state index contributed by atoms with van der Waals surface area (Å²) in [6, 6.07) is 18.6. The molecule has 3 rings (SSSR count). The minimum Gasteiger partial charge on any atom is -0.396 e. The summed E-state index contributed by atoms with van der Waals surface area (Å²) in [7, 11) is 0. The van der Waals surface area contributed by atoms with Gasteiger partial charge in [0.1, 0.15) is 0 Å². The highest BCUT2D eigenvalue weighted by Crippen LogP contribution is 2.26. The van der Waals surface area contributed by atoms with Crippen LogP contribution in [0, 0.1) is 0 Å². The second-order valence-corrected chi connectivity index (χ2v) is 5.45. The van der Waals surface area contributed by atoms with Crippen LogP contribution in [0.5, 0.6) is 0 Å². The van der Waals surface area contributed by atoms with E-state index >= 15 is 0 Å². The van der Waals surface area contributed by atoms with Gasteiger partial charge in [-0.25, -0.2) is 4.98 Å². The van der Waals surface area contributed by atoms with E-state index in [-0.39, 0.29) is 5.78 Å². The van der Waals surface area contributed by atoms with Crippen molar-refractivity contribution in [2.75, 3.05) is 11.1 Å². The normalized spacial score (nSPS) is 10.4. The van der Waals surface area contributed by atoms with Gasteiger partial charge >= 0.3 is 0 Å². The largest absolute Gasteiger partial charge is 0.396 e. The molecule has 0 bridgehead atoms. The second-order valence-electron chi connectivity index (χ2n) is 5.45. The first-order chi connectivity index (χ1) is 11.7. The Hall–Kier alpha value is -3.14. The van der Waals surface area contributed by atoms with Gasteiger partial charge in [-0.15, -0.1) is 0 Å². The lowest BCUT2D eigenvalue weighted by molar-refractivity contribution is 0.103. The average Bonchev–Trinajstić information content (AvgIpc) is 2.63. The molecule has 0 fully saturated rings. The number of hydrogen-bond acceptors (Lipinski definition) is 4. The molecule has 3 N–H and O–H groups in total. The summed E-state index contributed by atoms with van der Waals surface area (Å²) in [5.74, 6) is 0.534. The molecule has 0 atom stereocenters. The molecule has 120 valence electrons. The van der Waals surface area contributed by atoms with Crippen LogP contribution in [0.1, 0.15) is 28.4 Å². The third-order valence-electron chi connectivity index (χ3n) is 3.91. The SMILES string of the molecule is CCc1ccccc1C(=O)c1ccccc1Nc1ncccc1N. The van der Waals surface area contributed by atoms with Crippen molar-refractivity contribution in [1.29, 1.82) is 0 Å². The van der Waals surface area contributed by atoms with E-state index < -0.39 is 0 Å². The number of benzene rings is 2. The van der Waals surface area contributed by atoms with Crippen molar-refractivity contribution in [2.45, 2.75) is 13.3 Å². The number of nitrogens with two attached hydrogens (primary N) is 1. The Morgan fingerprint density at radius 3 is 2.46 bits per heavy atom. The maximum atomic E-state index is 13.0. The molecular formula is C20H19N3O. The highest BCUT2D eigenvalue weighted by atomic mass is 16.1. The van der Waals surface area contributed by atoms with E-state index in [1.54, 1.807) is 18.3 Å². The van der Waals surface area contributed by atoms with E-state index in [9.17, 15) is 4.79 Å². The predicted octanol–water partition coefficient (Wildman–Crippen LogP) is 4.20. The summed E-state index contributed by atoms with van der Waals surface area (Å²) in [4.78, 5) is 17.3. The number of rotatable bonds is 5. The molecule has 24 heavy (non-hydrogen) atoms. The number of aryl methyl sites for hydroxylation is 1. The van der Waals surface area contributed by atoms with Crippen molar-refractivity contribution in [3.05, 3.63) is 83.6 Å². The minimum atomic E-state index is -0.00921. The number of pyridine rings is 1. The molecule has 0 aliphatic carbocycles. The molecule has 0 radical (unpaired) electrons. The zero-order valence-electron chi connectivity index (χ0n) is 13.5. The Balaban J connectivity index is 2.00. The molecule has 3 aromatic rings. The van der Waals surface area contributed by atoms with Crippen molar-refractivity contribution in [1.82, 2.24) is 4.98 Å². The summed E-state index contributed by atoms with van der Waals surface area (Å²) in [5.41, 5.74) is 9.53. The molecule has 0 saturated heterocycles. The summed E-state index contributed by atoms with van der Waals surface area (Å²) in [6.45, 7) is 2.05. The number of nitrogens with zero attached hydrogens (tertiary/aromatic N) is 1. The van der Waals surface area contributed by atoms with Crippen molar-refractivity contribution in [3.8, 4) is 0 Å². The maximum absolute atomic E-state index is 13.0. The number of aromatic nitrogens is 1. The summed E-state index contributed by atoms with van der Waals surface area (Å²) in [5, 5.41) is 3.17.